The van der Waals surface area contributed by atoms with Crippen LogP contribution in [-0.4, -0.2) is 16.9 Å². The third-order valence-corrected chi connectivity index (χ3v) is 2.25. The third-order valence-electron chi connectivity index (χ3n) is 1.56. The lowest BCUT2D eigenvalue weighted by Gasteiger charge is -2.00. The summed E-state index contributed by atoms with van der Waals surface area (Å²) in [7, 11) is 0. The number of carboxylic acid groups (broad SMARTS) is 1. The van der Waals surface area contributed by atoms with Crippen molar-refractivity contribution in [2.75, 3.05) is 0 Å². The number of rotatable bonds is 2. The number of Topliss-reactive ketones (excluding diaryl/α,β-unsaturated/α-hetero) is 1. The highest BCUT2D eigenvalue weighted by Crippen LogP contribution is 2.18. The molecule has 1 aromatic carbocycles. The molecule has 0 saturated carbocycles. The SMILES string of the molecule is Cc1ccc(Br)c(C(=O)C(=O)O)c1. The van der Waals surface area contributed by atoms with Gasteiger partial charge in [-0.2, -0.15) is 0 Å². The van der Waals surface area contributed by atoms with E-state index in [1.165, 1.54) is 0 Å². The number of benzene rings is 1. The maximum Gasteiger partial charge on any atom is 0.377 e. The van der Waals surface area contributed by atoms with Gasteiger partial charge in [-0.1, -0.05) is 27.6 Å². The van der Waals surface area contributed by atoms with E-state index in [1.807, 2.05) is 0 Å². The van der Waals surface area contributed by atoms with Crippen LogP contribution in [0.3, 0.4) is 0 Å². The zero-order chi connectivity index (χ0) is 10.0. The number of carboxylic acids is 1. The van der Waals surface area contributed by atoms with Gasteiger partial charge in [0.2, 0.25) is 0 Å². The molecule has 0 aliphatic heterocycles. The van der Waals surface area contributed by atoms with E-state index in [1.54, 1.807) is 25.1 Å². The van der Waals surface area contributed by atoms with E-state index in [4.69, 9.17) is 5.11 Å². The van der Waals surface area contributed by atoms with Gasteiger partial charge in [0.15, 0.2) is 0 Å². The molecular weight excluding hydrogens is 236 g/mol. The van der Waals surface area contributed by atoms with Crippen LogP contribution in [0, 0.1) is 6.92 Å². The van der Waals surface area contributed by atoms with Gasteiger partial charge in [0.1, 0.15) is 0 Å². The van der Waals surface area contributed by atoms with Gasteiger partial charge >= 0.3 is 5.97 Å². The summed E-state index contributed by atoms with van der Waals surface area (Å²) in [5, 5.41) is 8.48. The second kappa shape index (κ2) is 3.70. The van der Waals surface area contributed by atoms with Crippen molar-refractivity contribution in [1.29, 1.82) is 0 Å². The van der Waals surface area contributed by atoms with Crippen LogP contribution in [0.15, 0.2) is 22.7 Å². The van der Waals surface area contributed by atoms with Gasteiger partial charge < -0.3 is 5.11 Å². The number of hydrogen-bond acceptors (Lipinski definition) is 2. The maximum atomic E-state index is 11.1. The summed E-state index contributed by atoms with van der Waals surface area (Å²) in [5.74, 6) is -2.33. The molecule has 0 saturated heterocycles. The maximum absolute atomic E-state index is 11.1. The van der Waals surface area contributed by atoms with Gasteiger partial charge in [-0.15, -0.1) is 0 Å². The highest BCUT2D eigenvalue weighted by molar-refractivity contribution is 9.10. The molecule has 0 spiro atoms. The fourth-order valence-corrected chi connectivity index (χ4v) is 1.36. The van der Waals surface area contributed by atoms with Crippen molar-refractivity contribution in [3.8, 4) is 0 Å². The molecule has 4 heteroatoms. The highest BCUT2D eigenvalue weighted by atomic mass is 79.9. The first-order valence-electron chi connectivity index (χ1n) is 3.56. The first-order chi connectivity index (χ1) is 6.02. The summed E-state index contributed by atoms with van der Waals surface area (Å²) in [6, 6.07) is 4.99. The molecule has 0 atom stereocenters. The van der Waals surface area contributed by atoms with E-state index in [-0.39, 0.29) is 5.56 Å². The van der Waals surface area contributed by atoms with Crippen molar-refractivity contribution in [3.05, 3.63) is 33.8 Å². The van der Waals surface area contributed by atoms with Gasteiger partial charge in [0.25, 0.3) is 5.78 Å². The van der Waals surface area contributed by atoms with E-state index in [0.29, 0.717) is 4.47 Å². The molecule has 1 aromatic rings. The minimum atomic E-state index is -1.44. The fraction of sp³-hybridized carbons (Fsp3) is 0.111. The average molecular weight is 243 g/mol. The van der Waals surface area contributed by atoms with Crippen molar-refractivity contribution in [3.63, 3.8) is 0 Å². The van der Waals surface area contributed by atoms with Crippen LogP contribution in [0.2, 0.25) is 0 Å². The summed E-state index contributed by atoms with van der Waals surface area (Å²) in [5.41, 5.74) is 1.04. The lowest BCUT2D eigenvalue weighted by atomic mass is 10.1. The third kappa shape index (κ3) is 2.15. The van der Waals surface area contributed by atoms with Crippen LogP contribution in [0.5, 0.6) is 0 Å². The van der Waals surface area contributed by atoms with Crippen molar-refractivity contribution in [1.82, 2.24) is 0 Å². The molecule has 0 unspecified atom stereocenters. The van der Waals surface area contributed by atoms with Crippen LogP contribution in [-0.2, 0) is 4.79 Å². The fourth-order valence-electron chi connectivity index (χ4n) is 0.928. The van der Waals surface area contributed by atoms with E-state index in [2.05, 4.69) is 15.9 Å². The zero-order valence-corrected chi connectivity index (χ0v) is 8.46. The predicted octanol–water partition coefficient (Wildman–Crippen LogP) is 2.02. The minimum Gasteiger partial charge on any atom is -0.475 e. The predicted molar refractivity (Wildman–Crippen MR) is 50.8 cm³/mol. The highest BCUT2D eigenvalue weighted by Gasteiger charge is 2.17. The molecule has 0 aromatic heterocycles. The van der Waals surface area contributed by atoms with Crippen molar-refractivity contribution < 1.29 is 14.7 Å². The molecule has 0 radical (unpaired) electrons. The monoisotopic (exact) mass is 242 g/mol. The Morgan fingerprint density at radius 3 is 2.54 bits per heavy atom. The second-order valence-corrected chi connectivity index (χ2v) is 3.47. The molecule has 0 heterocycles. The Labute approximate surface area is 83.5 Å². The number of carbonyl (C=O) groups is 2. The molecule has 3 nitrogen and oxygen atoms in total. The molecule has 13 heavy (non-hydrogen) atoms. The number of aryl methyl sites for hydroxylation is 1. The van der Waals surface area contributed by atoms with Crippen molar-refractivity contribution >= 4 is 27.7 Å². The molecule has 68 valence electrons. The van der Waals surface area contributed by atoms with Gasteiger partial charge in [-0.3, -0.25) is 4.79 Å². The zero-order valence-electron chi connectivity index (χ0n) is 6.87. The number of aliphatic carboxylic acids is 1. The number of halogens is 1. The van der Waals surface area contributed by atoms with Crippen LogP contribution >= 0.6 is 15.9 Å². The Hall–Kier alpha value is -1.16. The Bertz CT molecular complexity index is 371. The van der Waals surface area contributed by atoms with Gasteiger partial charge in [0, 0.05) is 10.0 Å². The van der Waals surface area contributed by atoms with E-state index in [0.717, 1.165) is 5.56 Å². The summed E-state index contributed by atoms with van der Waals surface area (Å²) in [4.78, 5) is 21.5. The summed E-state index contributed by atoms with van der Waals surface area (Å²) >= 11 is 3.12. The van der Waals surface area contributed by atoms with Crippen molar-refractivity contribution in [2.45, 2.75) is 6.92 Å². The Balaban J connectivity index is 3.21. The quantitative estimate of drug-likeness (QED) is 0.638. The molecule has 0 bridgehead atoms. The molecule has 0 fully saturated rings. The standard InChI is InChI=1S/C9H7BrO3/c1-5-2-3-7(10)6(4-5)8(11)9(12)13/h2-4H,1H3,(H,12,13). The Morgan fingerprint density at radius 2 is 2.00 bits per heavy atom. The first kappa shape index (κ1) is 9.92. The van der Waals surface area contributed by atoms with Crippen molar-refractivity contribution in [2.24, 2.45) is 0 Å². The smallest absolute Gasteiger partial charge is 0.377 e. The molecule has 0 aliphatic carbocycles. The molecular formula is C9H7BrO3. The van der Waals surface area contributed by atoms with Gasteiger partial charge in [0.05, 0.1) is 0 Å². The summed E-state index contributed by atoms with van der Waals surface area (Å²) < 4.78 is 0.505. The van der Waals surface area contributed by atoms with Crippen LogP contribution < -0.4 is 0 Å². The topological polar surface area (TPSA) is 54.4 Å². The number of carbonyl (C=O) groups excluding carboxylic acids is 1. The van der Waals surface area contributed by atoms with E-state index >= 15 is 0 Å². The van der Waals surface area contributed by atoms with E-state index < -0.39 is 11.8 Å². The molecule has 1 rings (SSSR count). The van der Waals surface area contributed by atoms with Crippen LogP contribution in [0.4, 0.5) is 0 Å². The van der Waals surface area contributed by atoms with Gasteiger partial charge in [-0.25, -0.2) is 4.79 Å². The van der Waals surface area contributed by atoms with Crippen LogP contribution in [0.25, 0.3) is 0 Å². The second-order valence-electron chi connectivity index (χ2n) is 2.62. The normalized spacial score (nSPS) is 9.69. The summed E-state index contributed by atoms with van der Waals surface area (Å²) in [6.45, 7) is 1.80. The number of hydrogen-bond donors (Lipinski definition) is 1. The lowest BCUT2D eigenvalue weighted by Crippen LogP contribution is -2.13. The largest absolute Gasteiger partial charge is 0.475 e. The Morgan fingerprint density at radius 1 is 1.38 bits per heavy atom. The average Bonchev–Trinajstić information content (AvgIpc) is 2.08. The first-order valence-corrected chi connectivity index (χ1v) is 4.35. The van der Waals surface area contributed by atoms with Crippen LogP contribution in [0.1, 0.15) is 15.9 Å². The molecule has 0 aliphatic rings. The van der Waals surface area contributed by atoms with Gasteiger partial charge in [-0.05, 0) is 19.1 Å². The minimum absolute atomic E-state index is 0.188. The number of ketones is 1. The van der Waals surface area contributed by atoms with E-state index in [9.17, 15) is 9.59 Å². The molecule has 1 N–H and O–H groups in total. The Kier molecular flexibility index (Phi) is 2.83. The lowest BCUT2D eigenvalue weighted by molar-refractivity contribution is -0.131. The summed E-state index contributed by atoms with van der Waals surface area (Å²) in [6.07, 6.45) is 0. The molecule has 0 amide bonds.